The second-order valence-electron chi connectivity index (χ2n) is 34.0. The average Bonchev–Trinajstić information content (AvgIpc) is 1.61. The predicted octanol–water partition coefficient (Wildman–Crippen LogP) is 14.8. The highest BCUT2D eigenvalue weighted by Crippen LogP contribution is 2.32. The number of aromatic nitrogens is 5. The number of carboxylic acid groups (broad SMARTS) is 1. The van der Waals surface area contributed by atoms with Crippen molar-refractivity contribution in [1.82, 2.24) is 60.9 Å². The molecule has 12 rings (SSSR count). The van der Waals surface area contributed by atoms with Gasteiger partial charge in [0.2, 0.25) is 17.7 Å². The van der Waals surface area contributed by atoms with Crippen molar-refractivity contribution in [2.24, 2.45) is 16.6 Å². The molecule has 5 aromatic heterocycles. The van der Waals surface area contributed by atoms with E-state index in [4.69, 9.17) is 46.8 Å². The largest absolute Gasteiger partial charge is 0.481 e. The van der Waals surface area contributed by atoms with E-state index in [1.165, 1.54) is 115 Å². The number of amides is 3. The van der Waals surface area contributed by atoms with Gasteiger partial charge >= 0.3 is 17.9 Å². The number of esters is 2. The number of halogens is 1. The zero-order chi connectivity index (χ0) is 85.8. The van der Waals surface area contributed by atoms with Crippen LogP contribution in [0, 0.1) is 5.92 Å². The Kier molecular flexibility index (Phi) is 39.8. The number of pyridine rings is 3. The lowest BCUT2D eigenvalue weighted by molar-refractivity contribution is -0.158. The molecule has 7 N–H and O–H groups in total. The second-order valence-corrected chi connectivity index (χ2v) is 37.8. The molecule has 652 valence electrons. The maximum Gasteiger partial charge on any atom is 0.329 e. The third-order valence-corrected chi connectivity index (χ3v) is 24.9. The number of nitrogens with one attached hydrogen (secondary N) is 4. The van der Waals surface area contributed by atoms with Gasteiger partial charge in [-0.2, -0.15) is 0 Å². The molecule has 5 atom stereocenters. The number of ether oxygens (including phenoxy) is 2. The van der Waals surface area contributed by atoms with Gasteiger partial charge in [-0.1, -0.05) is 90.1 Å². The van der Waals surface area contributed by atoms with Crippen molar-refractivity contribution in [2.45, 2.75) is 257 Å². The van der Waals surface area contributed by atoms with Crippen molar-refractivity contribution < 1.29 is 43.3 Å². The molecule has 0 bridgehead atoms. The van der Waals surface area contributed by atoms with Crippen molar-refractivity contribution in [1.29, 1.82) is 0 Å². The van der Waals surface area contributed by atoms with E-state index in [0.717, 1.165) is 160 Å². The maximum absolute atomic E-state index is 13.2. The van der Waals surface area contributed by atoms with Gasteiger partial charge in [-0.25, -0.2) is 14.8 Å². The van der Waals surface area contributed by atoms with E-state index in [1.807, 2.05) is 102 Å². The summed E-state index contributed by atoms with van der Waals surface area (Å²) in [5, 5.41) is 23.9. The number of unbranched alkanes of at least 4 members (excludes halogenated alkanes) is 3. The fourth-order valence-corrected chi connectivity index (χ4v) is 18.4. The van der Waals surface area contributed by atoms with E-state index in [2.05, 4.69) is 94.5 Å². The fourth-order valence-electron chi connectivity index (χ4n) is 15.2. The van der Waals surface area contributed by atoms with E-state index >= 15 is 0 Å². The Balaban J connectivity index is 0.000000194. The van der Waals surface area contributed by atoms with Crippen LogP contribution in [0.5, 0.6) is 0 Å². The van der Waals surface area contributed by atoms with Crippen LogP contribution in [-0.4, -0.2) is 199 Å². The van der Waals surface area contributed by atoms with E-state index < -0.39 is 35.2 Å². The molecular weight excluding hydrogens is 1590 g/mol. The number of allylic oxidation sites excluding steroid dienone is 2. The minimum atomic E-state index is -0.778. The van der Waals surface area contributed by atoms with Gasteiger partial charge in [-0.05, 0) is 281 Å². The number of rotatable bonds is 39. The van der Waals surface area contributed by atoms with Crippen LogP contribution < -0.4 is 27.0 Å². The monoisotopic (exact) mass is 1720 g/mol. The number of aryl methyl sites for hydroxylation is 9. The minimum absolute atomic E-state index is 0.0300. The first-order valence-electron chi connectivity index (χ1n) is 43.6. The third-order valence-electron chi connectivity index (χ3n) is 21.5. The summed E-state index contributed by atoms with van der Waals surface area (Å²) in [4.78, 5) is 107. The zero-order valence-corrected chi connectivity index (χ0v) is 75.6. The number of nitrogens with two attached hydrogens (primary N) is 1. The van der Waals surface area contributed by atoms with Crippen molar-refractivity contribution in [3.8, 4) is 0 Å². The van der Waals surface area contributed by atoms with Gasteiger partial charge in [0.05, 0.1) is 42.7 Å². The van der Waals surface area contributed by atoms with Gasteiger partial charge in [0.1, 0.15) is 23.3 Å². The molecule has 1 aliphatic heterocycles. The number of carbonyl (C=O) groups is 6. The first-order chi connectivity index (χ1) is 57.6. The molecule has 4 aliphatic carbocycles. The molecule has 3 amide bonds. The van der Waals surface area contributed by atoms with Gasteiger partial charge in [-0.3, -0.25) is 43.9 Å². The molecule has 7 aromatic rings. The topological polar surface area (TPSA) is 302 Å². The molecule has 0 fully saturated rings. The Morgan fingerprint density at radius 3 is 1.38 bits per heavy atom. The number of amidine groups is 1. The molecule has 0 spiro atoms. The third kappa shape index (κ3) is 35.0. The number of thioether (sulfide) groups is 1. The molecule has 2 unspecified atom stereocenters. The lowest BCUT2D eigenvalue weighted by Crippen LogP contribution is -2.45. The summed E-state index contributed by atoms with van der Waals surface area (Å²) in [7, 11) is 0. The van der Waals surface area contributed by atoms with E-state index in [0.29, 0.717) is 76.0 Å². The highest BCUT2D eigenvalue weighted by atomic mass is 35.5. The number of fused-ring (bicyclic) bond motifs is 6. The van der Waals surface area contributed by atoms with Crippen LogP contribution in [0.2, 0.25) is 4.47 Å². The van der Waals surface area contributed by atoms with Crippen LogP contribution in [0.25, 0.3) is 20.4 Å². The molecule has 27 heteroatoms. The van der Waals surface area contributed by atoms with Crippen LogP contribution in [-0.2, 0) is 102 Å². The maximum atomic E-state index is 13.2. The number of para-hydroxylation sites is 2. The number of carbonyl (C=O) groups excluding carboxylic acids is 5. The number of aliphatic carboxylic acids is 1. The number of benzene rings is 2. The molecule has 2 aromatic carbocycles. The van der Waals surface area contributed by atoms with E-state index in [1.54, 1.807) is 30.0 Å². The number of carboxylic acids is 1. The van der Waals surface area contributed by atoms with Gasteiger partial charge < -0.3 is 56.3 Å². The second kappa shape index (κ2) is 49.9. The van der Waals surface area contributed by atoms with Crippen LogP contribution in [0.15, 0.2) is 114 Å². The highest BCUT2D eigenvalue weighted by molar-refractivity contribution is 8.14. The van der Waals surface area contributed by atoms with Crippen molar-refractivity contribution in [2.75, 3.05) is 78.5 Å². The molecule has 5 aliphatic rings. The van der Waals surface area contributed by atoms with Crippen LogP contribution >= 0.6 is 46.0 Å². The van der Waals surface area contributed by atoms with Gasteiger partial charge in [0.15, 0.2) is 9.63 Å². The van der Waals surface area contributed by atoms with Gasteiger partial charge in [0, 0.05) is 114 Å². The Morgan fingerprint density at radius 1 is 0.508 bits per heavy atom. The average molecular weight is 1720 g/mol. The van der Waals surface area contributed by atoms with Crippen LogP contribution in [0.3, 0.4) is 0 Å². The smallest absolute Gasteiger partial charge is 0.329 e. The minimum Gasteiger partial charge on any atom is -0.481 e. The number of hydrogen-bond acceptors (Lipinski definition) is 22. The zero-order valence-electron chi connectivity index (χ0n) is 72.4. The highest BCUT2D eigenvalue weighted by Gasteiger charge is 2.33. The number of hydrogen-bond donors (Lipinski definition) is 6. The normalized spacial score (nSPS) is 16.0. The van der Waals surface area contributed by atoms with Crippen molar-refractivity contribution in [3.63, 3.8) is 0 Å². The molecule has 6 heterocycles. The number of nitrogens with zero attached hydrogens (tertiary/aromatic N) is 9. The predicted molar refractivity (Wildman–Crippen MR) is 487 cm³/mol. The Hall–Kier alpha value is -8.08. The summed E-state index contributed by atoms with van der Waals surface area (Å²) in [6, 6.07) is 28.1. The molecular formula is C93H131ClN14O9S3. The Labute approximate surface area is 728 Å². The molecule has 120 heavy (non-hydrogen) atoms. The molecule has 0 radical (unpaired) electrons. The Morgan fingerprint density at radius 2 is 0.933 bits per heavy atom. The summed E-state index contributed by atoms with van der Waals surface area (Å²) >= 11 is 10.4. The molecule has 23 nitrogen and oxygen atoms in total. The Bertz CT molecular complexity index is 4450. The van der Waals surface area contributed by atoms with Crippen molar-refractivity contribution in [3.05, 3.63) is 170 Å². The summed E-state index contributed by atoms with van der Waals surface area (Å²) in [6.45, 7) is 24.4. The molecule has 0 saturated heterocycles. The van der Waals surface area contributed by atoms with Crippen molar-refractivity contribution >= 4 is 107 Å². The fraction of sp³-hybridized carbons (Fsp3) is 0.570. The quantitative estimate of drug-likeness (QED) is 0.0154. The first kappa shape index (κ1) is 95.8. The number of thiazole rings is 2. The lowest BCUT2D eigenvalue weighted by atomic mass is 9.95. The first-order valence-corrected chi connectivity index (χ1v) is 46.5. The lowest BCUT2D eigenvalue weighted by Gasteiger charge is -2.28. The summed E-state index contributed by atoms with van der Waals surface area (Å²) in [6.07, 6.45) is 33.9. The van der Waals surface area contributed by atoms with Gasteiger partial charge in [-0.15, -0.1) is 22.7 Å². The van der Waals surface area contributed by atoms with Gasteiger partial charge in [0.25, 0.3) is 0 Å². The summed E-state index contributed by atoms with van der Waals surface area (Å²) < 4.78 is 14.0. The molecule has 0 saturated carbocycles. The standard InChI is InChI=1S/C32H47N5O3S.C29H38N4O3S.C25H42N4O3.C7H4ClNS/c1-23(38)33-19-22-37(20-10-9-12-25-17-16-24-11-5-6-13-26(24)34-25)21-18-28(30(39)40-32(2,3)4)36-31-35-27-14-7-8-15-29(27)41-31;1-21(34)30-16-19-33(17-7-6-9-24-14-13-22-8-2-3-10-25(22)31-24)18-15-23(29(35)36)20-28-32-26-11-4-5-12-27(26)37-28;1-19(30)27-15-18-29(17-14-22(26)24(31)32-25(2,3)4)16-8-7-10-21-13-12-20-9-5-6-11-23(20)28-21;8-7-9-5-3-1-2-4-6(5)10-7/h7-8,14-17,27-29H,5-6,9-13,18-22H2,1-4H3,(H,33,38)(H,35,36);4-5,11-14,23H,2-3,6-10,15-20H2,1H3,(H,30,34)(H,35,36);12-13,22H,5-11,14-18,26H2,1-4H3,(H,27,30);1-4H/t27?,28-,29?;23-;22-;/m010./s1. The summed E-state index contributed by atoms with van der Waals surface area (Å²) in [5.41, 5.74) is 18.5. The SMILES string of the molecule is CC(=O)NCCN(CCCCc1ccc2c(n1)CCCC2)CC[C@H](Cc1nc2ccccc2s1)C(=O)O.CC(=O)NCCN(CCCCc1ccc2c(n1)CCCC2)CC[C@H](N)C(=O)OC(C)(C)C.CC(=O)NCCN(CCCCc1ccc2c(n1)CCCC2)CC[C@H](NC1=NC2C=CC=CC2S1)C(=O)OC(C)(C)C.Clc1nc2ccccc2s1. The number of aliphatic imine (C=N–C) groups is 1. The van der Waals surface area contributed by atoms with E-state index in [9.17, 15) is 33.9 Å². The van der Waals surface area contributed by atoms with Crippen LogP contribution in [0.4, 0.5) is 0 Å². The summed E-state index contributed by atoms with van der Waals surface area (Å²) in [5.74, 6) is -1.99. The van der Waals surface area contributed by atoms with Crippen LogP contribution in [0.1, 0.15) is 214 Å². The van der Waals surface area contributed by atoms with E-state index in [-0.39, 0.29) is 41.0 Å².